The van der Waals surface area contributed by atoms with Gasteiger partial charge in [0.05, 0.1) is 29.4 Å². The first-order chi connectivity index (χ1) is 17.1. The Hall–Kier alpha value is -3.24. The third-order valence-corrected chi connectivity index (χ3v) is 7.33. The lowest BCUT2D eigenvalue weighted by atomic mass is 10.1. The van der Waals surface area contributed by atoms with Gasteiger partial charge in [-0.25, -0.2) is 13.8 Å². The van der Waals surface area contributed by atoms with Crippen molar-refractivity contribution in [3.05, 3.63) is 99.1 Å². The molecule has 0 aliphatic rings. The quantitative estimate of drug-likeness (QED) is 0.298. The molecule has 2 amide bonds. The summed E-state index contributed by atoms with van der Waals surface area (Å²) in [6, 6.07) is 16.7. The number of rotatable bonds is 10. The minimum absolute atomic E-state index is 0.158. The average molecular weight is 530 g/mol. The largest absolute Gasteiger partial charge is 0.395 e. The number of aliphatic hydroxyl groups is 1. The first-order valence-corrected chi connectivity index (χ1v) is 13.4. The third-order valence-electron chi connectivity index (χ3n) is 5.52. The molecule has 190 valence electrons. The van der Waals surface area contributed by atoms with E-state index in [1.165, 1.54) is 29.8 Å². The van der Waals surface area contributed by atoms with Crippen LogP contribution in [-0.2, 0) is 22.1 Å². The normalized spacial score (nSPS) is 11.2. The summed E-state index contributed by atoms with van der Waals surface area (Å²) in [4.78, 5) is 25.7. The molecule has 0 aromatic heterocycles. The topological polar surface area (TPSA) is 125 Å². The van der Waals surface area contributed by atoms with Gasteiger partial charge in [0.2, 0.25) is 0 Å². The molecule has 0 unspecified atom stereocenters. The third kappa shape index (κ3) is 7.63. The van der Waals surface area contributed by atoms with Crippen LogP contribution in [0, 0.1) is 13.8 Å². The van der Waals surface area contributed by atoms with Crippen molar-refractivity contribution in [3.63, 3.8) is 0 Å². The van der Waals surface area contributed by atoms with E-state index >= 15 is 0 Å². The zero-order valence-electron chi connectivity index (χ0n) is 20.0. The number of carbonyl (C=O) groups excluding carboxylic acids is 2. The van der Waals surface area contributed by atoms with Crippen molar-refractivity contribution in [2.24, 2.45) is 0 Å². The van der Waals surface area contributed by atoms with Gasteiger partial charge in [0.25, 0.3) is 11.8 Å². The molecule has 4 N–H and O–H groups in total. The second kappa shape index (κ2) is 12.1. The maximum Gasteiger partial charge on any atom is 0.267 e. The molecule has 3 aromatic carbocycles. The fraction of sp³-hybridized carbons (Fsp3) is 0.231. The van der Waals surface area contributed by atoms with Crippen LogP contribution in [0.2, 0.25) is 5.02 Å². The van der Waals surface area contributed by atoms with Gasteiger partial charge in [-0.15, -0.1) is 0 Å². The minimum atomic E-state index is -3.50. The number of aliphatic hydroxyl groups excluding tert-OH is 1. The maximum absolute atomic E-state index is 12.9. The summed E-state index contributed by atoms with van der Waals surface area (Å²) in [5.74, 6) is -1.66. The smallest absolute Gasteiger partial charge is 0.267 e. The van der Waals surface area contributed by atoms with Crippen molar-refractivity contribution in [1.29, 1.82) is 0 Å². The maximum atomic E-state index is 12.9. The summed E-state index contributed by atoms with van der Waals surface area (Å²) in [6.07, 6.45) is 0. The number of benzene rings is 3. The summed E-state index contributed by atoms with van der Waals surface area (Å²) >= 11 is 6.10. The first kappa shape index (κ1) is 27.3. The highest BCUT2D eigenvalue weighted by molar-refractivity contribution is 7.90. The molecule has 3 aromatic rings. The number of nitrogens with one attached hydrogen (secondary N) is 3. The lowest BCUT2D eigenvalue weighted by molar-refractivity contribution is 0.0933. The zero-order valence-corrected chi connectivity index (χ0v) is 21.5. The van der Waals surface area contributed by atoms with E-state index < -0.39 is 28.3 Å². The molecule has 10 heteroatoms. The molecule has 0 saturated heterocycles. The fourth-order valence-electron chi connectivity index (χ4n) is 3.48. The molecule has 8 nitrogen and oxygen atoms in total. The van der Waals surface area contributed by atoms with Crippen molar-refractivity contribution >= 4 is 38.9 Å². The highest BCUT2D eigenvalue weighted by Crippen LogP contribution is 2.22. The Labute approximate surface area is 215 Å². The monoisotopic (exact) mass is 529 g/mol. The van der Waals surface area contributed by atoms with E-state index in [-0.39, 0.29) is 28.3 Å². The lowest BCUT2D eigenvalue weighted by Gasteiger charge is -2.13. The van der Waals surface area contributed by atoms with Crippen molar-refractivity contribution < 1.29 is 23.1 Å². The van der Waals surface area contributed by atoms with E-state index in [2.05, 4.69) is 16.2 Å². The van der Waals surface area contributed by atoms with Crippen LogP contribution < -0.4 is 16.2 Å². The Morgan fingerprint density at radius 1 is 0.917 bits per heavy atom. The Kier molecular flexibility index (Phi) is 9.22. The molecule has 0 heterocycles. The van der Waals surface area contributed by atoms with Crippen LogP contribution in [0.1, 0.15) is 43.0 Å². The molecule has 0 spiro atoms. The molecule has 0 bridgehead atoms. The van der Waals surface area contributed by atoms with Crippen LogP contribution >= 0.6 is 11.6 Å². The van der Waals surface area contributed by atoms with Gasteiger partial charge in [-0.3, -0.25) is 15.0 Å². The Balaban J connectivity index is 1.70. The fourth-order valence-corrected chi connectivity index (χ4v) is 4.76. The molecule has 0 aliphatic heterocycles. The summed E-state index contributed by atoms with van der Waals surface area (Å²) in [6.45, 7) is 3.98. The molecule has 0 saturated carbocycles. The Bertz CT molecular complexity index is 1380. The van der Waals surface area contributed by atoms with Crippen molar-refractivity contribution in [3.8, 4) is 0 Å². The second-order valence-electron chi connectivity index (χ2n) is 8.39. The van der Waals surface area contributed by atoms with Crippen LogP contribution in [0.3, 0.4) is 0 Å². The standard InChI is InChI=1S/C26H28ClN3O5S/c1-17-6-7-19(12-18(17)2)15-28-30-26(33)23-14-22(27)8-9-24(23)29-25(32)21-5-3-4-20(13-21)16-36(34,35)11-10-31/h3-9,12-14,28,31H,10-11,15-16H2,1-2H3,(H,29,32)(H,30,33). The molecule has 0 radical (unpaired) electrons. The Morgan fingerprint density at radius 2 is 1.69 bits per heavy atom. The predicted molar refractivity (Wildman–Crippen MR) is 141 cm³/mol. The summed E-state index contributed by atoms with van der Waals surface area (Å²) in [5.41, 5.74) is 9.88. The van der Waals surface area contributed by atoms with E-state index in [4.69, 9.17) is 16.7 Å². The molecule has 3 rings (SSSR count). The number of anilines is 1. The highest BCUT2D eigenvalue weighted by Gasteiger charge is 2.17. The number of hydrogen-bond donors (Lipinski definition) is 4. The highest BCUT2D eigenvalue weighted by atomic mass is 35.5. The van der Waals surface area contributed by atoms with Gasteiger partial charge < -0.3 is 10.4 Å². The number of sulfone groups is 1. The van der Waals surface area contributed by atoms with Crippen molar-refractivity contribution in [2.45, 2.75) is 26.1 Å². The second-order valence-corrected chi connectivity index (χ2v) is 11.0. The molecular weight excluding hydrogens is 502 g/mol. The first-order valence-electron chi connectivity index (χ1n) is 11.2. The number of halogens is 1. The van der Waals surface area contributed by atoms with Crippen LogP contribution in [0.25, 0.3) is 0 Å². The SMILES string of the molecule is Cc1ccc(CNNC(=O)c2cc(Cl)ccc2NC(=O)c2cccc(CS(=O)(=O)CCO)c2)cc1C. The Morgan fingerprint density at radius 3 is 2.42 bits per heavy atom. The average Bonchev–Trinajstić information content (AvgIpc) is 2.82. The number of hydrogen-bond acceptors (Lipinski definition) is 6. The summed E-state index contributed by atoms with van der Waals surface area (Å²) in [5, 5.41) is 11.9. The van der Waals surface area contributed by atoms with Gasteiger partial charge in [0, 0.05) is 17.1 Å². The molecule has 0 fully saturated rings. The van der Waals surface area contributed by atoms with Crippen LogP contribution in [-0.4, -0.2) is 37.7 Å². The van der Waals surface area contributed by atoms with E-state index in [9.17, 15) is 18.0 Å². The van der Waals surface area contributed by atoms with Gasteiger partial charge in [-0.1, -0.05) is 41.9 Å². The lowest BCUT2D eigenvalue weighted by Crippen LogP contribution is -2.37. The molecular formula is C26H28ClN3O5S. The molecule has 36 heavy (non-hydrogen) atoms. The van der Waals surface area contributed by atoms with Gasteiger partial charge in [-0.2, -0.15) is 0 Å². The van der Waals surface area contributed by atoms with E-state index in [1.54, 1.807) is 18.2 Å². The van der Waals surface area contributed by atoms with E-state index in [0.717, 1.165) is 11.1 Å². The van der Waals surface area contributed by atoms with E-state index in [0.29, 0.717) is 17.1 Å². The van der Waals surface area contributed by atoms with Gasteiger partial charge >= 0.3 is 0 Å². The van der Waals surface area contributed by atoms with Crippen molar-refractivity contribution in [2.75, 3.05) is 17.7 Å². The molecule has 0 atom stereocenters. The molecule has 0 aliphatic carbocycles. The summed E-state index contributed by atoms with van der Waals surface area (Å²) in [7, 11) is -3.50. The summed E-state index contributed by atoms with van der Waals surface area (Å²) < 4.78 is 24.0. The van der Waals surface area contributed by atoms with Crippen molar-refractivity contribution in [1.82, 2.24) is 10.9 Å². The van der Waals surface area contributed by atoms with Gasteiger partial charge in [-0.05, 0) is 66.4 Å². The predicted octanol–water partition coefficient (Wildman–Crippen LogP) is 3.55. The van der Waals surface area contributed by atoms with Crippen LogP contribution in [0.5, 0.6) is 0 Å². The number of hydrazine groups is 1. The van der Waals surface area contributed by atoms with E-state index in [1.807, 2.05) is 32.0 Å². The van der Waals surface area contributed by atoms with Crippen LogP contribution in [0.4, 0.5) is 5.69 Å². The van der Waals surface area contributed by atoms with Gasteiger partial charge in [0.15, 0.2) is 9.84 Å². The van der Waals surface area contributed by atoms with Crippen LogP contribution in [0.15, 0.2) is 60.7 Å². The number of aryl methyl sites for hydroxylation is 2. The zero-order chi connectivity index (χ0) is 26.3. The van der Waals surface area contributed by atoms with Gasteiger partial charge in [0.1, 0.15) is 0 Å². The number of amides is 2. The number of carbonyl (C=O) groups is 2. The minimum Gasteiger partial charge on any atom is -0.395 e.